The van der Waals surface area contributed by atoms with E-state index in [2.05, 4.69) is 0 Å². The third-order valence-corrected chi connectivity index (χ3v) is 1.56. The molecule has 10 heteroatoms. The molecule has 26 heavy (non-hydrogen) atoms. The summed E-state index contributed by atoms with van der Waals surface area (Å²) in [6, 6.07) is 0. The number of hydrogen-bond donors (Lipinski definition) is 6. The average Bonchev–Trinajstić information content (AvgIpc) is 2.35. The molecular formula is C16H32O10. The van der Waals surface area contributed by atoms with E-state index in [1.54, 1.807) is 27.7 Å². The monoisotopic (exact) mass is 384 g/mol. The normalized spacial score (nSPS) is 8.92. The number of hydrogen-bond acceptors (Lipinski definition) is 6. The van der Waals surface area contributed by atoms with Gasteiger partial charge in [0.15, 0.2) is 0 Å². The third-order valence-electron chi connectivity index (χ3n) is 1.56. The number of carboxylic acid groups (broad SMARTS) is 4. The van der Waals surface area contributed by atoms with Gasteiger partial charge in [-0.3, -0.25) is 19.2 Å². The van der Waals surface area contributed by atoms with Crippen LogP contribution >= 0.6 is 0 Å². The highest BCUT2D eigenvalue weighted by atomic mass is 16.4. The van der Waals surface area contributed by atoms with Crippen LogP contribution in [-0.4, -0.2) is 66.7 Å². The molecule has 0 heterocycles. The Bertz CT molecular complexity index is 308. The quantitative estimate of drug-likeness (QED) is 0.357. The van der Waals surface area contributed by atoms with Crippen molar-refractivity contribution >= 4 is 23.9 Å². The Kier molecular flexibility index (Phi) is 27.7. The van der Waals surface area contributed by atoms with E-state index in [9.17, 15) is 19.2 Å². The molecule has 0 fully saturated rings. The van der Waals surface area contributed by atoms with Crippen LogP contribution in [-0.2, 0) is 19.2 Å². The van der Waals surface area contributed by atoms with E-state index in [1.807, 2.05) is 0 Å². The number of carbonyl (C=O) groups is 4. The van der Waals surface area contributed by atoms with Crippen molar-refractivity contribution in [3.63, 3.8) is 0 Å². The lowest BCUT2D eigenvalue weighted by atomic mass is 10.2. The fraction of sp³-hybridized carbons (Fsp3) is 0.750. The van der Waals surface area contributed by atoms with Crippen LogP contribution in [0.2, 0.25) is 0 Å². The second-order valence-corrected chi connectivity index (χ2v) is 5.47. The first kappa shape index (κ1) is 31.6. The van der Waals surface area contributed by atoms with Crippen molar-refractivity contribution in [2.45, 2.75) is 78.4 Å². The summed E-state index contributed by atoms with van der Waals surface area (Å²) in [5.41, 5.74) is 0. The van der Waals surface area contributed by atoms with E-state index >= 15 is 0 Å². The molecule has 0 spiro atoms. The van der Waals surface area contributed by atoms with Crippen molar-refractivity contribution in [1.82, 2.24) is 0 Å². The standard InChI is InChI=1S/2C5H8O4.2C3H8O/c2*6-4(7)2-1-3-5(8)9;2*1-3(2)4/h2*1-3H2,(H,6,7)(H,8,9);2*3-4H,1-2H3. The number of rotatable bonds is 8. The Morgan fingerprint density at radius 1 is 0.538 bits per heavy atom. The summed E-state index contributed by atoms with van der Waals surface area (Å²) in [5.74, 6) is -3.79. The SMILES string of the molecule is CC(C)O.CC(C)O.O=C(O)CCCC(=O)O.O=C(O)CCCC(=O)O. The largest absolute Gasteiger partial charge is 0.481 e. The average molecular weight is 384 g/mol. The summed E-state index contributed by atoms with van der Waals surface area (Å²) in [5, 5.41) is 48.2. The maximum atomic E-state index is 9.79. The summed E-state index contributed by atoms with van der Waals surface area (Å²) in [6.45, 7) is 6.89. The first-order valence-corrected chi connectivity index (χ1v) is 7.95. The Morgan fingerprint density at radius 3 is 0.731 bits per heavy atom. The smallest absolute Gasteiger partial charge is 0.303 e. The zero-order valence-electron chi connectivity index (χ0n) is 15.7. The number of aliphatic carboxylic acids is 4. The highest BCUT2D eigenvalue weighted by Crippen LogP contribution is 1.94. The van der Waals surface area contributed by atoms with Crippen molar-refractivity contribution in [3.05, 3.63) is 0 Å². The van der Waals surface area contributed by atoms with E-state index < -0.39 is 23.9 Å². The van der Waals surface area contributed by atoms with Crippen LogP contribution in [0.1, 0.15) is 66.2 Å². The Morgan fingerprint density at radius 2 is 0.654 bits per heavy atom. The predicted molar refractivity (Wildman–Crippen MR) is 93.0 cm³/mol. The van der Waals surface area contributed by atoms with Crippen molar-refractivity contribution in [2.75, 3.05) is 0 Å². The fourth-order valence-electron chi connectivity index (χ4n) is 0.782. The number of aliphatic hydroxyl groups excluding tert-OH is 2. The van der Waals surface area contributed by atoms with E-state index in [4.69, 9.17) is 30.6 Å². The van der Waals surface area contributed by atoms with Gasteiger partial charge in [0.2, 0.25) is 0 Å². The molecule has 0 saturated carbocycles. The van der Waals surface area contributed by atoms with Crippen molar-refractivity contribution < 1.29 is 49.8 Å². The lowest BCUT2D eigenvalue weighted by Crippen LogP contribution is -1.98. The van der Waals surface area contributed by atoms with Gasteiger partial charge in [-0.1, -0.05) is 0 Å². The van der Waals surface area contributed by atoms with Gasteiger partial charge < -0.3 is 30.6 Å². The molecule has 156 valence electrons. The topological polar surface area (TPSA) is 190 Å². The van der Waals surface area contributed by atoms with E-state index in [1.165, 1.54) is 0 Å². The van der Waals surface area contributed by atoms with Crippen LogP contribution in [0.3, 0.4) is 0 Å². The van der Waals surface area contributed by atoms with Crippen LogP contribution in [0.4, 0.5) is 0 Å². The van der Waals surface area contributed by atoms with Crippen LogP contribution < -0.4 is 0 Å². The molecule has 0 rings (SSSR count). The Balaban J connectivity index is -0.000000134. The molecule has 0 atom stereocenters. The molecule has 0 aromatic rings. The van der Waals surface area contributed by atoms with Crippen LogP contribution in [0.25, 0.3) is 0 Å². The molecule has 0 saturated heterocycles. The van der Waals surface area contributed by atoms with Gasteiger partial charge in [0.1, 0.15) is 0 Å². The molecule has 0 aromatic heterocycles. The van der Waals surface area contributed by atoms with E-state index in [0.29, 0.717) is 0 Å². The van der Waals surface area contributed by atoms with Crippen LogP contribution in [0, 0.1) is 0 Å². The minimum atomic E-state index is -0.948. The lowest BCUT2D eigenvalue weighted by Gasteiger charge is -1.89. The Hall–Kier alpha value is -2.20. The predicted octanol–water partition coefficient (Wildman–Crippen LogP) is 1.43. The fourth-order valence-corrected chi connectivity index (χ4v) is 0.782. The molecule has 0 aliphatic rings. The molecule has 0 aliphatic heterocycles. The summed E-state index contributed by atoms with van der Waals surface area (Å²) >= 11 is 0. The summed E-state index contributed by atoms with van der Waals surface area (Å²) in [7, 11) is 0. The van der Waals surface area contributed by atoms with Crippen LogP contribution in [0.15, 0.2) is 0 Å². The molecular weight excluding hydrogens is 352 g/mol. The van der Waals surface area contributed by atoms with Gasteiger partial charge in [-0.05, 0) is 40.5 Å². The lowest BCUT2D eigenvalue weighted by molar-refractivity contribution is -0.140. The summed E-state index contributed by atoms with van der Waals surface area (Å²) in [4.78, 5) is 39.2. The van der Waals surface area contributed by atoms with Crippen LogP contribution in [0.5, 0.6) is 0 Å². The molecule has 0 unspecified atom stereocenters. The third kappa shape index (κ3) is 98.2. The van der Waals surface area contributed by atoms with E-state index in [-0.39, 0.29) is 50.7 Å². The highest BCUT2D eigenvalue weighted by Gasteiger charge is 2.00. The molecule has 0 amide bonds. The molecule has 0 radical (unpaired) electrons. The second-order valence-electron chi connectivity index (χ2n) is 5.47. The first-order chi connectivity index (χ1) is 11.7. The van der Waals surface area contributed by atoms with E-state index in [0.717, 1.165) is 0 Å². The Labute approximate surface area is 153 Å². The van der Waals surface area contributed by atoms with Gasteiger partial charge in [-0.2, -0.15) is 0 Å². The summed E-state index contributed by atoms with van der Waals surface area (Å²) in [6.07, 6.45) is -0.160. The van der Waals surface area contributed by atoms with Crippen molar-refractivity contribution in [3.8, 4) is 0 Å². The molecule has 6 N–H and O–H groups in total. The highest BCUT2D eigenvalue weighted by molar-refractivity contribution is 5.70. The van der Waals surface area contributed by atoms with Gasteiger partial charge in [-0.25, -0.2) is 0 Å². The molecule has 0 aromatic carbocycles. The van der Waals surface area contributed by atoms with Crippen molar-refractivity contribution in [2.24, 2.45) is 0 Å². The number of aliphatic hydroxyl groups is 2. The van der Waals surface area contributed by atoms with Gasteiger partial charge in [0.25, 0.3) is 0 Å². The zero-order chi connectivity index (χ0) is 21.7. The first-order valence-electron chi connectivity index (χ1n) is 7.95. The van der Waals surface area contributed by atoms with Gasteiger partial charge >= 0.3 is 23.9 Å². The van der Waals surface area contributed by atoms with Gasteiger partial charge in [-0.15, -0.1) is 0 Å². The summed E-state index contributed by atoms with van der Waals surface area (Å²) < 4.78 is 0. The van der Waals surface area contributed by atoms with Crippen molar-refractivity contribution in [1.29, 1.82) is 0 Å². The van der Waals surface area contributed by atoms with Gasteiger partial charge in [0, 0.05) is 37.9 Å². The number of carboxylic acids is 4. The molecule has 0 aliphatic carbocycles. The zero-order valence-corrected chi connectivity index (χ0v) is 15.7. The maximum Gasteiger partial charge on any atom is 0.303 e. The minimum Gasteiger partial charge on any atom is -0.481 e. The maximum absolute atomic E-state index is 9.79. The van der Waals surface area contributed by atoms with Gasteiger partial charge in [0.05, 0.1) is 0 Å². The minimum absolute atomic E-state index is 0.0632. The molecule has 0 bridgehead atoms. The molecule has 10 nitrogen and oxygen atoms in total. The second kappa shape index (κ2) is 22.8.